The Morgan fingerprint density at radius 1 is 1.10 bits per heavy atom. The summed E-state index contributed by atoms with van der Waals surface area (Å²) in [7, 11) is 0. The summed E-state index contributed by atoms with van der Waals surface area (Å²) in [6.07, 6.45) is 3.26. The van der Waals surface area contributed by atoms with Gasteiger partial charge in [-0.05, 0) is 53.9 Å². The fourth-order valence-electron chi connectivity index (χ4n) is 5.36. The van der Waals surface area contributed by atoms with Gasteiger partial charge in [0.15, 0.2) is 11.5 Å². The summed E-state index contributed by atoms with van der Waals surface area (Å²) in [5.74, 6) is 0.166. The zero-order valence-electron chi connectivity index (χ0n) is 22.2. The number of hydrogen-bond acceptors (Lipinski definition) is 6. The lowest BCUT2D eigenvalue weighted by atomic mass is 10.0. The van der Waals surface area contributed by atoms with Crippen LogP contribution in [0, 0.1) is 0 Å². The van der Waals surface area contributed by atoms with Crippen LogP contribution in [0.15, 0.2) is 79.0 Å². The van der Waals surface area contributed by atoms with E-state index < -0.39 is 11.8 Å². The number of aromatic nitrogens is 3. The van der Waals surface area contributed by atoms with Crippen molar-refractivity contribution < 1.29 is 24.1 Å². The first-order valence-corrected chi connectivity index (χ1v) is 13.8. The molecule has 2 aliphatic heterocycles. The summed E-state index contributed by atoms with van der Waals surface area (Å²) >= 11 is 6.02. The van der Waals surface area contributed by atoms with E-state index in [2.05, 4.69) is 33.8 Å². The van der Waals surface area contributed by atoms with Crippen molar-refractivity contribution in [2.24, 2.45) is 0 Å². The van der Waals surface area contributed by atoms with Crippen molar-refractivity contribution in [1.29, 1.82) is 0 Å². The summed E-state index contributed by atoms with van der Waals surface area (Å²) < 4.78 is 20.4. The molecule has 2 aliphatic rings. The van der Waals surface area contributed by atoms with Crippen molar-refractivity contribution in [3.05, 3.63) is 107 Å². The maximum Gasteiger partial charge on any atom is 0.335 e. The summed E-state index contributed by atoms with van der Waals surface area (Å²) in [6, 6.07) is 22.8. The highest BCUT2D eigenvalue weighted by molar-refractivity contribution is 6.30. The van der Waals surface area contributed by atoms with Crippen LogP contribution in [-0.2, 0) is 23.5 Å². The van der Waals surface area contributed by atoms with Gasteiger partial charge >= 0.3 is 5.97 Å². The van der Waals surface area contributed by atoms with Crippen LogP contribution in [0.5, 0.6) is 11.5 Å². The van der Waals surface area contributed by atoms with Gasteiger partial charge in [-0.2, -0.15) is 0 Å². The van der Waals surface area contributed by atoms with E-state index in [9.17, 15) is 9.90 Å². The van der Waals surface area contributed by atoms with Crippen LogP contribution in [0.4, 0.5) is 0 Å². The highest BCUT2D eigenvalue weighted by Crippen LogP contribution is 2.48. The van der Waals surface area contributed by atoms with Crippen LogP contribution in [0.25, 0.3) is 22.2 Å². The van der Waals surface area contributed by atoms with Gasteiger partial charge < -0.3 is 23.9 Å². The lowest BCUT2D eigenvalue weighted by Crippen LogP contribution is -2.32. The molecule has 1 N–H and O–H groups in total. The van der Waals surface area contributed by atoms with Gasteiger partial charge in [0.25, 0.3) is 5.79 Å². The van der Waals surface area contributed by atoms with E-state index in [-0.39, 0.29) is 11.7 Å². The van der Waals surface area contributed by atoms with Crippen LogP contribution in [0.2, 0.25) is 5.02 Å². The minimum atomic E-state index is -1.06. The van der Waals surface area contributed by atoms with Gasteiger partial charge in [0.2, 0.25) is 0 Å². The van der Waals surface area contributed by atoms with Gasteiger partial charge in [0, 0.05) is 31.7 Å². The third-order valence-corrected chi connectivity index (χ3v) is 7.88. The van der Waals surface area contributed by atoms with Crippen molar-refractivity contribution in [2.45, 2.75) is 38.2 Å². The molecule has 9 heteroatoms. The number of hydrogen-bond donors (Lipinski definition) is 1. The molecule has 0 amide bonds. The van der Waals surface area contributed by atoms with Crippen molar-refractivity contribution in [2.75, 3.05) is 6.61 Å². The fraction of sp³-hybridized carbons (Fsp3) is 0.219. The van der Waals surface area contributed by atoms with E-state index in [4.69, 9.17) is 30.8 Å². The number of imidazole rings is 1. The Morgan fingerprint density at radius 3 is 2.63 bits per heavy atom. The Bertz CT molecular complexity index is 1780. The molecule has 2 aromatic heterocycles. The number of benzene rings is 3. The summed E-state index contributed by atoms with van der Waals surface area (Å²) in [5, 5.41) is 10.1. The largest absolute Gasteiger partial charge is 0.478 e. The van der Waals surface area contributed by atoms with E-state index in [1.54, 1.807) is 36.5 Å². The van der Waals surface area contributed by atoms with Gasteiger partial charge in [0.05, 0.1) is 34.3 Å². The number of nitrogens with zero attached hydrogens (tertiary/aromatic N) is 3. The quantitative estimate of drug-likeness (QED) is 0.241. The van der Waals surface area contributed by atoms with E-state index >= 15 is 0 Å². The molecule has 8 nitrogen and oxygen atoms in total. The number of rotatable bonds is 7. The summed E-state index contributed by atoms with van der Waals surface area (Å²) in [5.41, 5.74) is 5.45. The number of fused-ring (bicyclic) bond motifs is 2. The molecule has 41 heavy (non-hydrogen) atoms. The van der Waals surface area contributed by atoms with Crippen molar-refractivity contribution in [3.8, 4) is 22.6 Å². The second-order valence-corrected chi connectivity index (χ2v) is 10.9. The average Bonchev–Trinajstić information content (AvgIpc) is 3.47. The van der Waals surface area contributed by atoms with Crippen molar-refractivity contribution >= 4 is 28.6 Å². The van der Waals surface area contributed by atoms with E-state index in [0.29, 0.717) is 35.2 Å². The molecule has 0 unspecified atom stereocenters. The lowest BCUT2D eigenvalue weighted by molar-refractivity contribution is -0.0715. The topological polar surface area (TPSA) is 95.7 Å². The lowest BCUT2D eigenvalue weighted by Gasteiger charge is -2.27. The zero-order valence-corrected chi connectivity index (χ0v) is 23.0. The van der Waals surface area contributed by atoms with Gasteiger partial charge in [0.1, 0.15) is 11.5 Å². The molecule has 1 saturated heterocycles. The van der Waals surface area contributed by atoms with Gasteiger partial charge in [-0.15, -0.1) is 0 Å². The van der Waals surface area contributed by atoms with Gasteiger partial charge in [-0.1, -0.05) is 48.0 Å². The predicted octanol–water partition coefficient (Wildman–Crippen LogP) is 6.47. The molecule has 0 bridgehead atoms. The molecule has 3 aromatic carbocycles. The number of carboxylic acid groups (broad SMARTS) is 1. The molecule has 0 spiro atoms. The second kappa shape index (κ2) is 9.90. The predicted molar refractivity (Wildman–Crippen MR) is 154 cm³/mol. The number of carboxylic acids is 1. The molecule has 0 aliphatic carbocycles. The number of halogens is 1. The average molecular weight is 568 g/mol. The minimum Gasteiger partial charge on any atom is -0.478 e. The third kappa shape index (κ3) is 4.69. The SMILES string of the molecule is C[C@]1(c2ccc(Cl)cn2)Oc2cccc(-c3ccc(Cc4nc5ccc(C(=O)O)cc5n4C[C@@H]4CCO4)cc3)c2O1. The molecule has 0 saturated carbocycles. The number of carbonyl (C=O) groups is 1. The van der Waals surface area contributed by atoms with Gasteiger partial charge in [-0.3, -0.25) is 4.98 Å². The maximum absolute atomic E-state index is 11.6. The molecule has 1 fully saturated rings. The summed E-state index contributed by atoms with van der Waals surface area (Å²) in [6.45, 7) is 3.24. The maximum atomic E-state index is 11.6. The number of ether oxygens (including phenoxy) is 3. The first-order chi connectivity index (χ1) is 19.9. The molecule has 7 rings (SSSR count). The zero-order chi connectivity index (χ0) is 28.1. The first-order valence-electron chi connectivity index (χ1n) is 13.4. The number of pyridine rings is 1. The smallest absolute Gasteiger partial charge is 0.335 e. The molecule has 2 atom stereocenters. The molecule has 0 radical (unpaired) electrons. The highest BCUT2D eigenvalue weighted by atomic mass is 35.5. The van der Waals surface area contributed by atoms with Crippen LogP contribution < -0.4 is 9.47 Å². The Morgan fingerprint density at radius 2 is 1.93 bits per heavy atom. The Labute approximate surface area is 241 Å². The Hall–Kier alpha value is -4.40. The molecule has 5 aromatic rings. The monoisotopic (exact) mass is 567 g/mol. The molecule has 206 valence electrons. The molecular weight excluding hydrogens is 542 g/mol. The van der Waals surface area contributed by atoms with Crippen LogP contribution in [0.1, 0.15) is 40.8 Å². The normalized spacial score (nSPS) is 19.3. The minimum absolute atomic E-state index is 0.109. The Balaban J connectivity index is 1.17. The Kier molecular flexibility index (Phi) is 6.17. The standard InChI is InChI=1S/C32H26ClN3O5/c1-32(28-12-10-22(33)17-34-28)40-27-4-2-3-24(30(27)41-32)20-7-5-19(6-8-20)15-29-35-25-11-9-21(31(37)38)16-26(25)36(29)18-23-13-14-39-23/h2-12,16-17,23H,13-15,18H2,1H3,(H,37,38)/t23-,32-/m0/s1. The van der Waals surface area contributed by atoms with E-state index in [1.807, 2.05) is 25.1 Å². The second-order valence-electron chi connectivity index (χ2n) is 10.4. The van der Waals surface area contributed by atoms with Gasteiger partial charge in [-0.25, -0.2) is 9.78 Å². The number of para-hydroxylation sites is 1. The third-order valence-electron chi connectivity index (χ3n) is 7.65. The van der Waals surface area contributed by atoms with E-state index in [0.717, 1.165) is 46.6 Å². The number of aromatic carboxylic acids is 1. The fourth-order valence-corrected chi connectivity index (χ4v) is 5.48. The molecular formula is C32H26ClN3O5. The van der Waals surface area contributed by atoms with Crippen molar-refractivity contribution in [3.63, 3.8) is 0 Å². The first kappa shape index (κ1) is 25.6. The van der Waals surface area contributed by atoms with Crippen LogP contribution in [0.3, 0.4) is 0 Å². The summed E-state index contributed by atoms with van der Waals surface area (Å²) in [4.78, 5) is 20.9. The van der Waals surface area contributed by atoms with Crippen LogP contribution >= 0.6 is 11.6 Å². The van der Waals surface area contributed by atoms with Crippen molar-refractivity contribution in [1.82, 2.24) is 14.5 Å². The van der Waals surface area contributed by atoms with E-state index in [1.165, 1.54) is 0 Å². The van der Waals surface area contributed by atoms with Crippen LogP contribution in [-0.4, -0.2) is 38.3 Å². The molecule has 4 heterocycles. The highest BCUT2D eigenvalue weighted by Gasteiger charge is 2.41.